The number of rotatable bonds is 1. The summed E-state index contributed by atoms with van der Waals surface area (Å²) in [6, 6.07) is 0. The van der Waals surface area contributed by atoms with Gasteiger partial charge in [-0.1, -0.05) is 0 Å². The summed E-state index contributed by atoms with van der Waals surface area (Å²) in [6.07, 6.45) is 2.00. The molecular weight excluding hydrogens is 206 g/mol. The molecule has 0 aromatic heterocycles. The highest BCUT2D eigenvalue weighted by Crippen LogP contribution is 2.14. The van der Waals surface area contributed by atoms with Crippen LogP contribution in [0.3, 0.4) is 0 Å². The van der Waals surface area contributed by atoms with Gasteiger partial charge in [0.15, 0.2) is 0 Å². The average Bonchev–Trinajstić information content (AvgIpc) is 2.33. The number of carbonyl (C=O) groups is 2. The van der Waals surface area contributed by atoms with Crippen molar-refractivity contribution in [2.45, 2.75) is 12.8 Å². The standard InChI is InChI=1S/C11H19N3O2/c1-13-5-6-14(8-10(13)15)11(16)9-3-2-4-12-7-9/h9,12H,2-8H2,1H3/t9-/m1/s1. The number of carbonyl (C=O) groups excluding carboxylic acids is 2. The lowest BCUT2D eigenvalue weighted by molar-refractivity contribution is -0.146. The largest absolute Gasteiger partial charge is 0.342 e. The Bertz CT molecular complexity index is 287. The van der Waals surface area contributed by atoms with Crippen LogP contribution in [0.25, 0.3) is 0 Å². The van der Waals surface area contributed by atoms with E-state index in [1.807, 2.05) is 0 Å². The molecule has 2 rings (SSSR count). The summed E-state index contributed by atoms with van der Waals surface area (Å²) < 4.78 is 0. The van der Waals surface area contributed by atoms with E-state index < -0.39 is 0 Å². The number of amides is 2. The van der Waals surface area contributed by atoms with E-state index in [1.54, 1.807) is 16.8 Å². The molecule has 0 saturated carbocycles. The minimum Gasteiger partial charge on any atom is -0.342 e. The number of piperazine rings is 1. The quantitative estimate of drug-likeness (QED) is 0.641. The Morgan fingerprint density at radius 3 is 2.88 bits per heavy atom. The molecule has 0 aliphatic carbocycles. The van der Waals surface area contributed by atoms with E-state index in [4.69, 9.17) is 0 Å². The molecule has 0 spiro atoms. The highest BCUT2D eigenvalue weighted by molar-refractivity contribution is 5.87. The number of hydrogen-bond acceptors (Lipinski definition) is 3. The highest BCUT2D eigenvalue weighted by Gasteiger charge is 2.30. The van der Waals surface area contributed by atoms with Gasteiger partial charge in [0.25, 0.3) is 0 Å². The summed E-state index contributed by atoms with van der Waals surface area (Å²) in [4.78, 5) is 27.0. The lowest BCUT2D eigenvalue weighted by Crippen LogP contribution is -2.53. The molecule has 1 atom stereocenters. The zero-order valence-electron chi connectivity index (χ0n) is 9.74. The monoisotopic (exact) mass is 225 g/mol. The van der Waals surface area contributed by atoms with Gasteiger partial charge < -0.3 is 15.1 Å². The van der Waals surface area contributed by atoms with Crippen molar-refractivity contribution < 1.29 is 9.59 Å². The average molecular weight is 225 g/mol. The lowest BCUT2D eigenvalue weighted by atomic mass is 9.98. The highest BCUT2D eigenvalue weighted by atomic mass is 16.2. The second kappa shape index (κ2) is 4.82. The smallest absolute Gasteiger partial charge is 0.241 e. The van der Waals surface area contributed by atoms with E-state index in [0.717, 1.165) is 25.9 Å². The number of hydrogen-bond donors (Lipinski definition) is 1. The SMILES string of the molecule is CN1CCN(C(=O)[C@@H]2CCCNC2)CC1=O. The molecule has 0 radical (unpaired) electrons. The molecule has 2 fully saturated rings. The summed E-state index contributed by atoms with van der Waals surface area (Å²) in [6.45, 7) is 3.36. The molecule has 2 aliphatic rings. The Morgan fingerprint density at radius 2 is 2.25 bits per heavy atom. The normalized spacial score (nSPS) is 27.1. The van der Waals surface area contributed by atoms with Gasteiger partial charge >= 0.3 is 0 Å². The Kier molecular flexibility index (Phi) is 3.43. The van der Waals surface area contributed by atoms with Gasteiger partial charge in [-0.05, 0) is 19.4 Å². The Hall–Kier alpha value is -1.10. The predicted molar refractivity (Wildman–Crippen MR) is 59.8 cm³/mol. The van der Waals surface area contributed by atoms with E-state index in [9.17, 15) is 9.59 Å². The third kappa shape index (κ3) is 2.35. The molecule has 1 N–H and O–H groups in total. The third-order valence-corrected chi connectivity index (χ3v) is 3.41. The summed E-state index contributed by atoms with van der Waals surface area (Å²) in [5.74, 6) is 0.266. The molecule has 0 bridgehead atoms. The molecule has 16 heavy (non-hydrogen) atoms. The van der Waals surface area contributed by atoms with Crippen LogP contribution in [0.1, 0.15) is 12.8 Å². The van der Waals surface area contributed by atoms with Gasteiger partial charge in [-0.15, -0.1) is 0 Å². The minimum atomic E-state index is 0.0448. The van der Waals surface area contributed by atoms with Crippen molar-refractivity contribution >= 4 is 11.8 Å². The fourth-order valence-corrected chi connectivity index (χ4v) is 2.27. The molecule has 0 unspecified atom stereocenters. The second-order valence-electron chi connectivity index (χ2n) is 4.62. The maximum Gasteiger partial charge on any atom is 0.241 e. The maximum atomic E-state index is 12.1. The van der Waals surface area contributed by atoms with Crippen molar-refractivity contribution in [1.29, 1.82) is 0 Å². The van der Waals surface area contributed by atoms with Gasteiger partial charge in [0, 0.05) is 26.7 Å². The van der Waals surface area contributed by atoms with Gasteiger partial charge in [0.2, 0.25) is 11.8 Å². The van der Waals surface area contributed by atoms with Crippen LogP contribution in [0.4, 0.5) is 0 Å². The molecular formula is C11H19N3O2. The molecule has 2 aliphatic heterocycles. The molecule has 2 amide bonds. The third-order valence-electron chi connectivity index (χ3n) is 3.41. The number of nitrogens with one attached hydrogen (secondary N) is 1. The summed E-state index contributed by atoms with van der Waals surface area (Å²) >= 11 is 0. The second-order valence-corrected chi connectivity index (χ2v) is 4.62. The summed E-state index contributed by atoms with van der Waals surface area (Å²) in [5.41, 5.74) is 0. The van der Waals surface area contributed by atoms with Crippen LogP contribution >= 0.6 is 0 Å². The van der Waals surface area contributed by atoms with E-state index >= 15 is 0 Å². The van der Waals surface area contributed by atoms with Crippen LogP contribution in [0.5, 0.6) is 0 Å². The maximum absolute atomic E-state index is 12.1. The molecule has 90 valence electrons. The molecule has 2 saturated heterocycles. The van der Waals surface area contributed by atoms with Crippen LogP contribution in [0.15, 0.2) is 0 Å². The molecule has 5 heteroatoms. The van der Waals surface area contributed by atoms with Crippen LogP contribution in [0, 0.1) is 5.92 Å². The minimum absolute atomic E-state index is 0.0448. The zero-order valence-corrected chi connectivity index (χ0v) is 9.74. The van der Waals surface area contributed by atoms with E-state index in [1.165, 1.54) is 0 Å². The first-order valence-corrected chi connectivity index (χ1v) is 5.92. The molecule has 0 aromatic carbocycles. The fraction of sp³-hybridized carbons (Fsp3) is 0.818. The fourth-order valence-electron chi connectivity index (χ4n) is 2.27. The van der Waals surface area contributed by atoms with Crippen LogP contribution < -0.4 is 5.32 Å². The van der Waals surface area contributed by atoms with Crippen molar-refractivity contribution in [3.8, 4) is 0 Å². The first-order valence-electron chi connectivity index (χ1n) is 5.92. The molecule has 5 nitrogen and oxygen atoms in total. The van der Waals surface area contributed by atoms with Crippen LogP contribution in [-0.4, -0.2) is 61.4 Å². The zero-order chi connectivity index (χ0) is 11.5. The van der Waals surface area contributed by atoms with Gasteiger partial charge in [0.1, 0.15) is 0 Å². The Labute approximate surface area is 95.8 Å². The van der Waals surface area contributed by atoms with Crippen molar-refractivity contribution in [3.63, 3.8) is 0 Å². The first kappa shape index (κ1) is 11.4. The van der Waals surface area contributed by atoms with Gasteiger partial charge in [0.05, 0.1) is 12.5 Å². The topological polar surface area (TPSA) is 52.6 Å². The molecule has 0 aromatic rings. The van der Waals surface area contributed by atoms with Crippen molar-refractivity contribution in [2.24, 2.45) is 5.92 Å². The number of likely N-dealkylation sites (N-methyl/N-ethyl adjacent to an activating group) is 1. The van der Waals surface area contributed by atoms with Crippen molar-refractivity contribution in [3.05, 3.63) is 0 Å². The summed E-state index contributed by atoms with van der Waals surface area (Å²) in [7, 11) is 1.78. The lowest BCUT2D eigenvalue weighted by Gasteiger charge is -2.35. The first-order chi connectivity index (χ1) is 7.68. The summed E-state index contributed by atoms with van der Waals surface area (Å²) in [5, 5.41) is 3.23. The van der Waals surface area contributed by atoms with Gasteiger partial charge in [-0.2, -0.15) is 0 Å². The van der Waals surface area contributed by atoms with Crippen molar-refractivity contribution in [1.82, 2.24) is 15.1 Å². The number of nitrogens with zero attached hydrogens (tertiary/aromatic N) is 2. The van der Waals surface area contributed by atoms with E-state index in [-0.39, 0.29) is 24.3 Å². The Morgan fingerprint density at radius 1 is 1.44 bits per heavy atom. The van der Waals surface area contributed by atoms with E-state index in [0.29, 0.717) is 13.1 Å². The molecule has 2 heterocycles. The van der Waals surface area contributed by atoms with Gasteiger partial charge in [-0.3, -0.25) is 9.59 Å². The van der Waals surface area contributed by atoms with Gasteiger partial charge in [-0.25, -0.2) is 0 Å². The van der Waals surface area contributed by atoms with E-state index in [2.05, 4.69) is 5.32 Å². The predicted octanol–water partition coefficient (Wildman–Crippen LogP) is -0.713. The number of piperidine rings is 1. The van der Waals surface area contributed by atoms with Crippen LogP contribution in [-0.2, 0) is 9.59 Å². The van der Waals surface area contributed by atoms with Crippen molar-refractivity contribution in [2.75, 3.05) is 39.8 Å². The Balaban J connectivity index is 1.91. The van der Waals surface area contributed by atoms with Crippen LogP contribution in [0.2, 0.25) is 0 Å².